The summed E-state index contributed by atoms with van der Waals surface area (Å²) in [6.07, 6.45) is 0. The molecule has 0 aliphatic carbocycles. The summed E-state index contributed by atoms with van der Waals surface area (Å²) >= 11 is 6.03. The van der Waals surface area contributed by atoms with Crippen molar-refractivity contribution in [2.24, 2.45) is 0 Å². The number of nitrogens with zero attached hydrogens (tertiary/aromatic N) is 2. The van der Waals surface area contributed by atoms with E-state index in [9.17, 15) is 10.1 Å². The molecular weight excluding hydrogens is 296 g/mol. The number of fused-ring (bicyclic) bond motifs is 1. The maximum atomic E-state index is 10.9. The molecular formula is C13H9ClN4O3. The summed E-state index contributed by atoms with van der Waals surface area (Å²) in [5.74, 6) is 0. The highest BCUT2D eigenvalue weighted by Crippen LogP contribution is 2.31. The molecule has 2 aromatic carbocycles. The van der Waals surface area contributed by atoms with E-state index in [1.54, 1.807) is 24.3 Å². The molecule has 0 spiro atoms. The molecule has 1 aromatic heterocycles. The van der Waals surface area contributed by atoms with Crippen molar-refractivity contribution in [3.63, 3.8) is 0 Å². The summed E-state index contributed by atoms with van der Waals surface area (Å²) in [7, 11) is 0. The number of nitrogen functional groups attached to an aromatic ring is 1. The first-order valence-corrected chi connectivity index (χ1v) is 6.28. The normalized spacial score (nSPS) is 10.7. The number of anilines is 3. The monoisotopic (exact) mass is 304 g/mol. The number of nitrogens with two attached hydrogens (primary N) is 1. The third-order valence-electron chi connectivity index (χ3n) is 2.83. The smallest absolute Gasteiger partial charge is 0.300 e. The summed E-state index contributed by atoms with van der Waals surface area (Å²) in [6.45, 7) is 0. The zero-order valence-electron chi connectivity index (χ0n) is 10.5. The van der Waals surface area contributed by atoms with E-state index in [0.717, 1.165) is 0 Å². The molecule has 0 radical (unpaired) electrons. The van der Waals surface area contributed by atoms with Crippen LogP contribution in [0.25, 0.3) is 11.1 Å². The maximum absolute atomic E-state index is 10.9. The lowest BCUT2D eigenvalue weighted by Crippen LogP contribution is -1.94. The molecule has 0 fully saturated rings. The molecule has 3 rings (SSSR count). The van der Waals surface area contributed by atoms with Crippen LogP contribution in [0, 0.1) is 10.1 Å². The average molecular weight is 305 g/mol. The van der Waals surface area contributed by atoms with Gasteiger partial charge in [-0.3, -0.25) is 10.1 Å². The van der Waals surface area contributed by atoms with Crippen molar-refractivity contribution in [3.05, 3.63) is 51.5 Å². The number of hydrogen-bond donors (Lipinski definition) is 2. The molecule has 3 aromatic rings. The molecule has 0 atom stereocenters. The van der Waals surface area contributed by atoms with Crippen LogP contribution in [0.2, 0.25) is 5.02 Å². The third-order valence-corrected chi connectivity index (χ3v) is 3.16. The summed E-state index contributed by atoms with van der Waals surface area (Å²) in [5, 5.41) is 14.2. The predicted octanol–water partition coefficient (Wildman–Crippen LogP) is 3.72. The highest BCUT2D eigenvalue weighted by Gasteiger charge is 2.17. The Hall–Kier alpha value is -2.80. The number of aromatic nitrogens is 1. The van der Waals surface area contributed by atoms with Gasteiger partial charge in [0, 0.05) is 11.8 Å². The Kier molecular flexibility index (Phi) is 3.11. The predicted molar refractivity (Wildman–Crippen MR) is 79.8 cm³/mol. The zero-order chi connectivity index (χ0) is 15.0. The fourth-order valence-electron chi connectivity index (χ4n) is 1.89. The lowest BCUT2D eigenvalue weighted by Gasteiger charge is -2.04. The first-order valence-electron chi connectivity index (χ1n) is 5.90. The van der Waals surface area contributed by atoms with Gasteiger partial charge in [-0.15, -0.1) is 0 Å². The molecule has 0 bridgehead atoms. The van der Waals surface area contributed by atoms with Crippen molar-refractivity contribution in [1.82, 2.24) is 4.98 Å². The molecule has 0 saturated carbocycles. The Morgan fingerprint density at radius 3 is 2.90 bits per heavy atom. The minimum Gasteiger partial charge on any atom is -0.423 e. The van der Waals surface area contributed by atoms with E-state index < -0.39 is 4.92 Å². The largest absolute Gasteiger partial charge is 0.423 e. The number of non-ortho nitro benzene ring substituents is 1. The second kappa shape index (κ2) is 4.95. The Morgan fingerprint density at radius 2 is 2.14 bits per heavy atom. The molecule has 0 aliphatic rings. The van der Waals surface area contributed by atoms with Gasteiger partial charge in [0.25, 0.3) is 5.69 Å². The number of oxazole rings is 1. The van der Waals surface area contributed by atoms with Crippen molar-refractivity contribution in [1.29, 1.82) is 0 Å². The first-order chi connectivity index (χ1) is 10.0. The van der Waals surface area contributed by atoms with E-state index >= 15 is 0 Å². The van der Waals surface area contributed by atoms with Crippen LogP contribution in [0.1, 0.15) is 0 Å². The average Bonchev–Trinajstić information content (AvgIpc) is 2.84. The van der Waals surface area contributed by atoms with Crippen LogP contribution in [0.4, 0.5) is 23.1 Å². The summed E-state index contributed by atoms with van der Waals surface area (Å²) < 4.78 is 5.43. The molecule has 3 N–H and O–H groups in total. The molecule has 8 heteroatoms. The van der Waals surface area contributed by atoms with E-state index in [1.807, 2.05) is 0 Å². The first kappa shape index (κ1) is 13.2. The van der Waals surface area contributed by atoms with Gasteiger partial charge in [0.15, 0.2) is 11.1 Å². The molecule has 7 nitrogen and oxygen atoms in total. The molecule has 0 unspecified atom stereocenters. The van der Waals surface area contributed by atoms with Gasteiger partial charge in [-0.25, -0.2) is 0 Å². The van der Waals surface area contributed by atoms with Crippen molar-refractivity contribution in [3.8, 4) is 0 Å². The molecule has 0 amide bonds. The van der Waals surface area contributed by atoms with Crippen LogP contribution in [0.5, 0.6) is 0 Å². The number of nitro benzene ring substituents is 1. The van der Waals surface area contributed by atoms with Crippen LogP contribution < -0.4 is 11.1 Å². The number of nitrogens with one attached hydrogen (secondary N) is 1. The van der Waals surface area contributed by atoms with Gasteiger partial charge in [-0.2, -0.15) is 4.98 Å². The SMILES string of the molecule is Nc1ccc(Cl)c(Nc2nc3c([N+](=O)[O-])cccc3o2)c1. The lowest BCUT2D eigenvalue weighted by atomic mass is 10.3. The number of nitro groups is 1. The van der Waals surface area contributed by atoms with Crippen LogP contribution in [-0.4, -0.2) is 9.91 Å². The summed E-state index contributed by atoms with van der Waals surface area (Å²) in [5.41, 5.74) is 7.06. The topological polar surface area (TPSA) is 107 Å². The molecule has 0 aliphatic heterocycles. The van der Waals surface area contributed by atoms with E-state index in [4.69, 9.17) is 21.8 Å². The van der Waals surface area contributed by atoms with E-state index in [1.165, 1.54) is 12.1 Å². The fraction of sp³-hybridized carbons (Fsp3) is 0. The van der Waals surface area contributed by atoms with Crippen molar-refractivity contribution < 1.29 is 9.34 Å². The number of halogens is 1. The highest BCUT2D eigenvalue weighted by molar-refractivity contribution is 6.33. The van der Waals surface area contributed by atoms with Gasteiger partial charge in [0.05, 0.1) is 15.6 Å². The quantitative estimate of drug-likeness (QED) is 0.434. The van der Waals surface area contributed by atoms with Crippen LogP contribution in [-0.2, 0) is 0 Å². The number of rotatable bonds is 3. The Labute approximate surface area is 123 Å². The van der Waals surface area contributed by atoms with Gasteiger partial charge < -0.3 is 15.5 Å². The Morgan fingerprint density at radius 1 is 1.33 bits per heavy atom. The second-order valence-electron chi connectivity index (χ2n) is 4.26. The highest BCUT2D eigenvalue weighted by atomic mass is 35.5. The van der Waals surface area contributed by atoms with Gasteiger partial charge in [-0.05, 0) is 24.3 Å². The number of hydrogen-bond acceptors (Lipinski definition) is 6. The molecule has 106 valence electrons. The van der Waals surface area contributed by atoms with E-state index in [2.05, 4.69) is 10.3 Å². The van der Waals surface area contributed by atoms with Crippen LogP contribution >= 0.6 is 11.6 Å². The molecule has 0 saturated heterocycles. The standard InChI is InChI=1S/C13H9ClN4O3/c14-8-5-4-7(15)6-9(8)16-13-17-12-10(18(19)20)2-1-3-11(12)21-13/h1-6H,15H2,(H,16,17). The Bertz CT molecular complexity index is 847. The van der Waals surface area contributed by atoms with Gasteiger partial charge in [0.2, 0.25) is 0 Å². The van der Waals surface area contributed by atoms with Crippen molar-refractivity contribution >= 4 is 45.8 Å². The van der Waals surface area contributed by atoms with E-state index in [-0.39, 0.29) is 17.2 Å². The number of para-hydroxylation sites is 1. The number of benzene rings is 2. The maximum Gasteiger partial charge on any atom is 0.300 e. The van der Waals surface area contributed by atoms with E-state index in [0.29, 0.717) is 22.0 Å². The van der Waals surface area contributed by atoms with Gasteiger partial charge in [-0.1, -0.05) is 17.7 Å². The molecule has 1 heterocycles. The second-order valence-corrected chi connectivity index (χ2v) is 4.67. The summed E-state index contributed by atoms with van der Waals surface area (Å²) in [4.78, 5) is 14.5. The van der Waals surface area contributed by atoms with Crippen LogP contribution in [0.15, 0.2) is 40.8 Å². The van der Waals surface area contributed by atoms with Crippen LogP contribution in [0.3, 0.4) is 0 Å². The third kappa shape index (κ3) is 2.46. The summed E-state index contributed by atoms with van der Waals surface area (Å²) in [6, 6.07) is 9.50. The van der Waals surface area contributed by atoms with Gasteiger partial charge in [0.1, 0.15) is 0 Å². The van der Waals surface area contributed by atoms with Crippen molar-refractivity contribution in [2.75, 3.05) is 11.1 Å². The fourth-order valence-corrected chi connectivity index (χ4v) is 2.05. The lowest BCUT2D eigenvalue weighted by molar-refractivity contribution is -0.383. The van der Waals surface area contributed by atoms with Crippen molar-refractivity contribution in [2.45, 2.75) is 0 Å². The minimum absolute atomic E-state index is 0.104. The molecule has 21 heavy (non-hydrogen) atoms. The Balaban J connectivity index is 2.04. The minimum atomic E-state index is -0.512. The zero-order valence-corrected chi connectivity index (χ0v) is 11.3. The van der Waals surface area contributed by atoms with Gasteiger partial charge >= 0.3 is 6.01 Å².